The average molecular weight is 803 g/mol. The molecule has 9 heteroatoms. The van der Waals surface area contributed by atoms with Gasteiger partial charge in [0, 0.05) is 12.8 Å². The number of esters is 2. The van der Waals surface area contributed by atoms with Gasteiger partial charge in [0.15, 0.2) is 6.10 Å². The van der Waals surface area contributed by atoms with Crippen molar-refractivity contribution in [3.8, 4) is 0 Å². The molecule has 56 heavy (non-hydrogen) atoms. The van der Waals surface area contributed by atoms with Gasteiger partial charge in [0.05, 0.1) is 6.61 Å². The predicted octanol–water partition coefficient (Wildman–Crippen LogP) is 13.6. The van der Waals surface area contributed by atoms with Crippen molar-refractivity contribution in [3.05, 3.63) is 85.1 Å². The Labute approximate surface area is 342 Å². The standard InChI is InChI=1S/C47H79O8P/c1-3-5-7-9-11-13-15-17-19-21-23-25-27-29-31-33-35-37-39-41-46(48)53-43-45(44-54-56(50,51)52)55-47(49)42-40-38-36-34-32-30-28-26-24-22-20-18-16-14-12-10-8-6-4-2/h6,8,12,14,17-20,24,26,30,32,36,38,45H,3-5,7,9-11,13,15-16,21-23,25,27-29,31,33-35,37,39-44H2,1-2H3,(H2,50,51,52)/b8-6-,14-12-,19-17-,20-18-,26-24-,32-30-,38-36-. The third-order valence-corrected chi connectivity index (χ3v) is 9.40. The number of rotatable bonds is 39. The molecule has 0 saturated carbocycles. The molecule has 0 aliphatic heterocycles. The Bertz CT molecular complexity index is 1180. The zero-order valence-corrected chi connectivity index (χ0v) is 36.1. The molecule has 1 unspecified atom stereocenters. The summed E-state index contributed by atoms with van der Waals surface area (Å²) in [7, 11) is -4.78. The first-order valence-corrected chi connectivity index (χ1v) is 23.4. The second-order valence-electron chi connectivity index (χ2n) is 14.3. The summed E-state index contributed by atoms with van der Waals surface area (Å²) >= 11 is 0. The van der Waals surface area contributed by atoms with Crippen molar-refractivity contribution >= 4 is 19.8 Å². The lowest BCUT2D eigenvalue weighted by Gasteiger charge is -2.18. The van der Waals surface area contributed by atoms with E-state index in [4.69, 9.17) is 19.3 Å². The van der Waals surface area contributed by atoms with Crippen LogP contribution in [-0.2, 0) is 28.2 Å². The van der Waals surface area contributed by atoms with Crippen LogP contribution in [0.5, 0.6) is 0 Å². The highest BCUT2D eigenvalue weighted by Crippen LogP contribution is 2.36. The number of unbranched alkanes of at least 4 members (excludes halogenated alkanes) is 15. The summed E-state index contributed by atoms with van der Waals surface area (Å²) in [6.07, 6.45) is 56.0. The van der Waals surface area contributed by atoms with Crippen molar-refractivity contribution in [2.75, 3.05) is 13.2 Å². The van der Waals surface area contributed by atoms with Crippen LogP contribution in [0, 0.1) is 0 Å². The first-order chi connectivity index (χ1) is 27.3. The van der Waals surface area contributed by atoms with Crippen molar-refractivity contribution in [1.29, 1.82) is 0 Å². The smallest absolute Gasteiger partial charge is 0.462 e. The summed E-state index contributed by atoms with van der Waals surface area (Å²) in [5.74, 6) is -0.989. The van der Waals surface area contributed by atoms with Gasteiger partial charge in [0.2, 0.25) is 0 Å². The van der Waals surface area contributed by atoms with Crippen molar-refractivity contribution in [2.24, 2.45) is 0 Å². The molecule has 0 heterocycles. The molecule has 0 rings (SSSR count). The number of hydrogen-bond donors (Lipinski definition) is 2. The zero-order chi connectivity index (χ0) is 41.1. The molecule has 2 N–H and O–H groups in total. The molecule has 0 radical (unpaired) electrons. The lowest BCUT2D eigenvalue weighted by atomic mass is 10.1. The number of phosphoric ester groups is 1. The topological polar surface area (TPSA) is 119 Å². The van der Waals surface area contributed by atoms with Crippen molar-refractivity contribution in [3.63, 3.8) is 0 Å². The number of hydrogen-bond acceptors (Lipinski definition) is 6. The number of ether oxygens (including phenoxy) is 2. The van der Waals surface area contributed by atoms with E-state index in [1.165, 1.54) is 83.5 Å². The molecule has 1 atom stereocenters. The molecule has 0 amide bonds. The molecule has 8 nitrogen and oxygen atoms in total. The maximum absolute atomic E-state index is 12.4. The van der Waals surface area contributed by atoms with Gasteiger partial charge in [-0.15, -0.1) is 0 Å². The average Bonchev–Trinajstić information content (AvgIpc) is 3.17. The van der Waals surface area contributed by atoms with E-state index in [2.05, 4.69) is 91.3 Å². The minimum atomic E-state index is -4.78. The summed E-state index contributed by atoms with van der Waals surface area (Å²) in [5, 5.41) is 0. The van der Waals surface area contributed by atoms with Crippen LogP contribution in [0.4, 0.5) is 0 Å². The van der Waals surface area contributed by atoms with Crippen molar-refractivity contribution in [2.45, 2.75) is 187 Å². The highest BCUT2D eigenvalue weighted by molar-refractivity contribution is 7.46. The van der Waals surface area contributed by atoms with Crippen molar-refractivity contribution in [1.82, 2.24) is 0 Å². The zero-order valence-electron chi connectivity index (χ0n) is 35.3. The monoisotopic (exact) mass is 803 g/mol. The Hall–Kier alpha value is -2.77. The Balaban J connectivity index is 4.03. The van der Waals surface area contributed by atoms with Gasteiger partial charge >= 0.3 is 19.8 Å². The van der Waals surface area contributed by atoms with Gasteiger partial charge < -0.3 is 19.3 Å². The van der Waals surface area contributed by atoms with Crippen LogP contribution >= 0.6 is 7.82 Å². The Morgan fingerprint density at radius 3 is 1.36 bits per heavy atom. The summed E-state index contributed by atoms with van der Waals surface area (Å²) in [6, 6.07) is 0. The van der Waals surface area contributed by atoms with Crippen LogP contribution in [0.3, 0.4) is 0 Å². The molecule has 0 aliphatic rings. The number of carbonyl (C=O) groups is 2. The van der Waals surface area contributed by atoms with E-state index in [9.17, 15) is 14.2 Å². The number of allylic oxidation sites excluding steroid dienone is 14. The van der Waals surface area contributed by atoms with Gasteiger partial charge in [0.25, 0.3) is 0 Å². The summed E-state index contributed by atoms with van der Waals surface area (Å²) in [6.45, 7) is 3.50. The molecule has 0 fully saturated rings. The maximum Gasteiger partial charge on any atom is 0.469 e. The van der Waals surface area contributed by atoms with Crippen molar-refractivity contribution < 1.29 is 37.9 Å². The van der Waals surface area contributed by atoms with Gasteiger partial charge in [-0.2, -0.15) is 0 Å². The van der Waals surface area contributed by atoms with Crippen LogP contribution in [0.1, 0.15) is 181 Å². The van der Waals surface area contributed by atoms with E-state index in [1.54, 1.807) is 0 Å². The fourth-order valence-corrected chi connectivity index (χ4v) is 6.05. The minimum Gasteiger partial charge on any atom is -0.462 e. The first-order valence-electron chi connectivity index (χ1n) is 21.9. The van der Waals surface area contributed by atoms with Crippen LogP contribution in [0.15, 0.2) is 85.1 Å². The fourth-order valence-electron chi connectivity index (χ4n) is 5.69. The first kappa shape index (κ1) is 53.2. The van der Waals surface area contributed by atoms with E-state index in [0.29, 0.717) is 12.8 Å². The van der Waals surface area contributed by atoms with E-state index in [1.807, 2.05) is 12.2 Å². The lowest BCUT2D eigenvalue weighted by Crippen LogP contribution is -2.29. The minimum absolute atomic E-state index is 0.0826. The third-order valence-electron chi connectivity index (χ3n) is 8.91. The number of carbonyl (C=O) groups excluding carboxylic acids is 2. The van der Waals surface area contributed by atoms with Gasteiger partial charge in [0.1, 0.15) is 6.61 Å². The fraction of sp³-hybridized carbons (Fsp3) is 0.660. The third kappa shape index (κ3) is 44.0. The van der Waals surface area contributed by atoms with Gasteiger partial charge in [-0.25, -0.2) is 4.57 Å². The second-order valence-corrected chi connectivity index (χ2v) is 15.5. The normalized spacial score (nSPS) is 13.3. The van der Waals surface area contributed by atoms with Gasteiger partial charge in [-0.3, -0.25) is 14.1 Å². The largest absolute Gasteiger partial charge is 0.469 e. The predicted molar refractivity (Wildman–Crippen MR) is 234 cm³/mol. The SMILES string of the molecule is CC/C=C\C/C=C\C/C=C\C/C=C\C/C=C\C/C=C\CCC(=O)OC(COC(=O)CCCCCCCCCCC/C=C\CCCCCCCC)COP(=O)(O)O. The summed E-state index contributed by atoms with van der Waals surface area (Å²) in [4.78, 5) is 42.9. The molecule has 320 valence electrons. The van der Waals surface area contributed by atoms with Crippen LogP contribution < -0.4 is 0 Å². The van der Waals surface area contributed by atoms with Gasteiger partial charge in [-0.05, 0) is 77.0 Å². The summed E-state index contributed by atoms with van der Waals surface area (Å²) in [5.41, 5.74) is 0. The van der Waals surface area contributed by atoms with E-state index in [0.717, 1.165) is 57.8 Å². The Morgan fingerprint density at radius 1 is 0.482 bits per heavy atom. The van der Waals surface area contributed by atoms with Gasteiger partial charge in [-0.1, -0.05) is 176 Å². The van der Waals surface area contributed by atoms with E-state index < -0.39 is 32.5 Å². The van der Waals surface area contributed by atoms with Crippen LogP contribution in [0.2, 0.25) is 0 Å². The highest BCUT2D eigenvalue weighted by atomic mass is 31.2. The molecule has 0 aromatic rings. The molecule has 0 saturated heterocycles. The maximum atomic E-state index is 12.4. The Morgan fingerprint density at radius 2 is 0.893 bits per heavy atom. The molecule has 0 aromatic carbocycles. The molecule has 0 aromatic heterocycles. The molecule has 0 bridgehead atoms. The van der Waals surface area contributed by atoms with E-state index >= 15 is 0 Å². The van der Waals surface area contributed by atoms with Crippen LogP contribution in [-0.4, -0.2) is 41.0 Å². The molecule has 0 aliphatic carbocycles. The number of phosphoric acid groups is 1. The Kier molecular flexibility index (Phi) is 39.8. The molecular formula is C47H79O8P. The lowest BCUT2D eigenvalue weighted by molar-refractivity contribution is -0.161. The second kappa shape index (κ2) is 41.9. The molecule has 0 spiro atoms. The summed E-state index contributed by atoms with van der Waals surface area (Å²) < 4.78 is 26.3. The highest BCUT2D eigenvalue weighted by Gasteiger charge is 2.22. The molecular weight excluding hydrogens is 723 g/mol. The van der Waals surface area contributed by atoms with Crippen LogP contribution in [0.25, 0.3) is 0 Å². The quantitative estimate of drug-likeness (QED) is 0.0273. The van der Waals surface area contributed by atoms with E-state index in [-0.39, 0.29) is 19.4 Å².